The molecule has 0 bridgehead atoms. The summed E-state index contributed by atoms with van der Waals surface area (Å²) >= 11 is 1.45. The maximum absolute atomic E-state index is 13.8. The number of fused-ring (bicyclic) bond motifs is 1. The van der Waals surface area contributed by atoms with Gasteiger partial charge in [0.05, 0.1) is 18.4 Å². The van der Waals surface area contributed by atoms with Crippen molar-refractivity contribution in [3.05, 3.63) is 90.4 Å². The maximum Gasteiger partial charge on any atom is 0.254 e. The van der Waals surface area contributed by atoms with Crippen LogP contribution in [0.3, 0.4) is 0 Å². The van der Waals surface area contributed by atoms with Crippen molar-refractivity contribution in [1.82, 2.24) is 9.88 Å². The van der Waals surface area contributed by atoms with Crippen LogP contribution in [-0.4, -0.2) is 35.8 Å². The fourth-order valence-electron chi connectivity index (χ4n) is 3.58. The molecule has 174 valence electrons. The van der Waals surface area contributed by atoms with Crippen molar-refractivity contribution in [2.45, 2.75) is 11.4 Å². The zero-order chi connectivity index (χ0) is 23.9. The molecular formula is C26H24FN3O3S. The number of amides is 2. The molecule has 4 aromatic rings. The van der Waals surface area contributed by atoms with Crippen LogP contribution in [0.25, 0.3) is 10.9 Å². The van der Waals surface area contributed by atoms with Gasteiger partial charge in [-0.25, -0.2) is 4.39 Å². The third-order valence-electron chi connectivity index (χ3n) is 5.22. The van der Waals surface area contributed by atoms with Crippen LogP contribution >= 0.6 is 11.8 Å². The molecule has 0 atom stereocenters. The zero-order valence-corrected chi connectivity index (χ0v) is 19.4. The van der Waals surface area contributed by atoms with Crippen LogP contribution in [0.5, 0.6) is 5.75 Å². The number of aromatic nitrogens is 1. The fourth-order valence-corrected chi connectivity index (χ4v) is 4.47. The van der Waals surface area contributed by atoms with E-state index in [2.05, 4.69) is 10.6 Å². The minimum absolute atomic E-state index is 0.0261. The van der Waals surface area contributed by atoms with Crippen molar-refractivity contribution in [2.24, 2.45) is 0 Å². The Balaban J connectivity index is 1.39. The molecule has 0 aliphatic rings. The molecule has 0 saturated carbocycles. The van der Waals surface area contributed by atoms with E-state index in [9.17, 15) is 14.0 Å². The summed E-state index contributed by atoms with van der Waals surface area (Å²) in [6.45, 7) is 0.851. The minimum Gasteiger partial charge on any atom is -0.497 e. The quantitative estimate of drug-likeness (QED) is 0.335. The first-order valence-electron chi connectivity index (χ1n) is 10.7. The van der Waals surface area contributed by atoms with Crippen LogP contribution in [0.4, 0.5) is 10.1 Å². The molecular weight excluding hydrogens is 453 g/mol. The molecule has 2 N–H and O–H groups in total. The number of hydrogen-bond acceptors (Lipinski definition) is 4. The van der Waals surface area contributed by atoms with Crippen LogP contribution in [0.1, 0.15) is 10.4 Å². The molecule has 0 fully saturated rings. The number of carbonyl (C=O) groups excluding carboxylic acids is 2. The van der Waals surface area contributed by atoms with Crippen molar-refractivity contribution >= 4 is 40.2 Å². The monoisotopic (exact) mass is 477 g/mol. The number of nitrogens with zero attached hydrogens (tertiary/aromatic N) is 1. The topological polar surface area (TPSA) is 72.4 Å². The zero-order valence-electron chi connectivity index (χ0n) is 18.6. The van der Waals surface area contributed by atoms with Gasteiger partial charge in [-0.15, -0.1) is 11.8 Å². The van der Waals surface area contributed by atoms with Gasteiger partial charge >= 0.3 is 0 Å². The predicted molar refractivity (Wildman–Crippen MR) is 133 cm³/mol. The van der Waals surface area contributed by atoms with Crippen molar-refractivity contribution in [2.75, 3.05) is 24.7 Å². The first-order chi connectivity index (χ1) is 16.5. The molecule has 6 nitrogen and oxygen atoms in total. The molecule has 34 heavy (non-hydrogen) atoms. The highest BCUT2D eigenvalue weighted by atomic mass is 32.2. The molecule has 0 radical (unpaired) electrons. The van der Waals surface area contributed by atoms with Crippen LogP contribution in [0.2, 0.25) is 0 Å². The highest BCUT2D eigenvalue weighted by Crippen LogP contribution is 2.30. The number of methoxy groups -OCH3 is 1. The van der Waals surface area contributed by atoms with Gasteiger partial charge in [0, 0.05) is 46.8 Å². The Morgan fingerprint density at radius 3 is 2.65 bits per heavy atom. The van der Waals surface area contributed by atoms with Gasteiger partial charge in [0.15, 0.2) is 0 Å². The van der Waals surface area contributed by atoms with E-state index in [0.717, 1.165) is 15.8 Å². The van der Waals surface area contributed by atoms with Crippen molar-refractivity contribution in [1.29, 1.82) is 0 Å². The second kappa shape index (κ2) is 10.9. The summed E-state index contributed by atoms with van der Waals surface area (Å²) in [6, 6.07) is 21.0. The third kappa shape index (κ3) is 5.58. The number of nitrogens with one attached hydrogen (secondary N) is 2. The molecule has 0 unspecified atom stereocenters. The summed E-state index contributed by atoms with van der Waals surface area (Å²) in [4.78, 5) is 25.7. The molecule has 8 heteroatoms. The Kier molecular flexibility index (Phi) is 7.49. The molecule has 0 aliphatic carbocycles. The van der Waals surface area contributed by atoms with Gasteiger partial charge in [-0.2, -0.15) is 0 Å². The van der Waals surface area contributed by atoms with Crippen LogP contribution < -0.4 is 15.4 Å². The lowest BCUT2D eigenvalue weighted by molar-refractivity contribution is -0.113. The highest BCUT2D eigenvalue weighted by molar-refractivity contribution is 8.00. The molecule has 1 heterocycles. The first kappa shape index (κ1) is 23.4. The second-order valence-corrected chi connectivity index (χ2v) is 8.53. The lowest BCUT2D eigenvalue weighted by Crippen LogP contribution is -2.27. The van der Waals surface area contributed by atoms with Crippen molar-refractivity contribution < 1.29 is 18.7 Å². The molecule has 0 aliphatic heterocycles. The van der Waals surface area contributed by atoms with Gasteiger partial charge in [0.1, 0.15) is 11.6 Å². The normalized spacial score (nSPS) is 10.8. The van der Waals surface area contributed by atoms with E-state index >= 15 is 0 Å². The number of carbonyl (C=O) groups is 2. The number of hydrogen-bond donors (Lipinski definition) is 2. The summed E-state index contributed by atoms with van der Waals surface area (Å²) in [5.41, 5.74) is 1.70. The summed E-state index contributed by atoms with van der Waals surface area (Å²) in [7, 11) is 1.58. The Labute approximate surface area is 201 Å². The number of anilines is 1. The van der Waals surface area contributed by atoms with Gasteiger partial charge < -0.3 is 19.9 Å². The number of rotatable bonds is 9. The summed E-state index contributed by atoms with van der Waals surface area (Å²) in [5, 5.41) is 6.68. The average molecular weight is 478 g/mol. The number of thioether (sulfide) groups is 1. The molecule has 4 rings (SSSR count). The van der Waals surface area contributed by atoms with Gasteiger partial charge in [-0.1, -0.05) is 36.4 Å². The van der Waals surface area contributed by atoms with Gasteiger partial charge in [0.2, 0.25) is 5.91 Å². The van der Waals surface area contributed by atoms with E-state index in [0.29, 0.717) is 24.5 Å². The number of ether oxygens (including phenoxy) is 1. The van der Waals surface area contributed by atoms with Gasteiger partial charge in [0.25, 0.3) is 5.91 Å². The molecule has 0 spiro atoms. The van der Waals surface area contributed by atoms with Gasteiger partial charge in [-0.05, 0) is 30.3 Å². The molecule has 3 aromatic carbocycles. The molecule has 2 amide bonds. The summed E-state index contributed by atoms with van der Waals surface area (Å²) in [6.07, 6.45) is 1.98. The van der Waals surface area contributed by atoms with E-state index in [1.807, 2.05) is 53.2 Å². The standard InChI is InChI=1S/C26H24FN3O3S/c1-33-19-8-6-7-18(15-19)29-25(31)17-34-24-16-30(23-12-5-3-10-21(23)24)14-13-28-26(32)20-9-2-4-11-22(20)27/h2-12,15-16H,13-14,17H2,1H3,(H,28,32)(H,29,31). The van der Waals surface area contributed by atoms with Crippen LogP contribution in [-0.2, 0) is 11.3 Å². The maximum atomic E-state index is 13.8. The van der Waals surface area contributed by atoms with Crippen LogP contribution in [0, 0.1) is 5.82 Å². The first-order valence-corrected chi connectivity index (χ1v) is 11.7. The van der Waals surface area contributed by atoms with Crippen molar-refractivity contribution in [3.63, 3.8) is 0 Å². The highest BCUT2D eigenvalue weighted by Gasteiger charge is 2.13. The average Bonchev–Trinajstić information content (AvgIpc) is 3.21. The molecule has 0 saturated heterocycles. The fraction of sp³-hybridized carbons (Fsp3) is 0.154. The number of halogens is 1. The lowest BCUT2D eigenvalue weighted by Gasteiger charge is -2.08. The van der Waals surface area contributed by atoms with E-state index in [1.165, 1.54) is 23.9 Å². The van der Waals surface area contributed by atoms with E-state index in [4.69, 9.17) is 4.74 Å². The second-order valence-electron chi connectivity index (χ2n) is 7.51. The summed E-state index contributed by atoms with van der Waals surface area (Å²) in [5.74, 6) is -0.187. The van der Waals surface area contributed by atoms with E-state index < -0.39 is 11.7 Å². The largest absolute Gasteiger partial charge is 0.497 e. The Morgan fingerprint density at radius 2 is 1.82 bits per heavy atom. The number of benzene rings is 3. The Bertz CT molecular complexity index is 1320. The van der Waals surface area contributed by atoms with E-state index in [-0.39, 0.29) is 17.2 Å². The Hall–Kier alpha value is -3.78. The SMILES string of the molecule is COc1cccc(NC(=O)CSc2cn(CCNC(=O)c3ccccc3F)c3ccccc23)c1. The minimum atomic E-state index is -0.544. The van der Waals surface area contributed by atoms with Crippen LogP contribution in [0.15, 0.2) is 83.9 Å². The smallest absolute Gasteiger partial charge is 0.254 e. The molecule has 1 aromatic heterocycles. The predicted octanol–water partition coefficient (Wildman–Crippen LogP) is 4.95. The Morgan fingerprint density at radius 1 is 1.03 bits per heavy atom. The summed E-state index contributed by atoms with van der Waals surface area (Å²) < 4.78 is 21.0. The third-order valence-corrected chi connectivity index (χ3v) is 6.26. The lowest BCUT2D eigenvalue weighted by atomic mass is 10.2. The number of para-hydroxylation sites is 1. The van der Waals surface area contributed by atoms with Gasteiger partial charge in [-0.3, -0.25) is 9.59 Å². The van der Waals surface area contributed by atoms with Crippen molar-refractivity contribution in [3.8, 4) is 5.75 Å². The van der Waals surface area contributed by atoms with E-state index in [1.54, 1.807) is 25.3 Å².